The van der Waals surface area contributed by atoms with Crippen LogP contribution in [0.5, 0.6) is 0 Å². The van der Waals surface area contributed by atoms with Crippen molar-refractivity contribution < 1.29 is 22.3 Å². The molecule has 1 atom stereocenters. The van der Waals surface area contributed by atoms with Gasteiger partial charge in [0.25, 0.3) is 0 Å². The number of halogens is 4. The monoisotopic (exact) mass is 293 g/mol. The van der Waals surface area contributed by atoms with Crippen LogP contribution >= 0.6 is 0 Å². The summed E-state index contributed by atoms with van der Waals surface area (Å²) in [5.74, 6) is -1.29. The predicted octanol–water partition coefficient (Wildman–Crippen LogP) is 4.05. The molecule has 2 N–H and O–H groups in total. The summed E-state index contributed by atoms with van der Waals surface area (Å²) in [4.78, 5) is 0. The number of ether oxygens (including phenoxy) is 1. The Hall–Kier alpha value is -1.14. The number of hydrogen-bond acceptors (Lipinski definition) is 2. The number of benzene rings is 1. The van der Waals surface area contributed by atoms with Gasteiger partial charge in [0.15, 0.2) is 0 Å². The van der Waals surface area contributed by atoms with Crippen molar-refractivity contribution >= 4 is 0 Å². The van der Waals surface area contributed by atoms with Gasteiger partial charge in [0.2, 0.25) is 0 Å². The maximum Gasteiger partial charge on any atom is 0.419 e. The van der Waals surface area contributed by atoms with Gasteiger partial charge in [-0.25, -0.2) is 4.39 Å². The lowest BCUT2D eigenvalue weighted by molar-refractivity contribution is -0.140. The van der Waals surface area contributed by atoms with Gasteiger partial charge < -0.3 is 10.5 Å². The van der Waals surface area contributed by atoms with E-state index in [0.29, 0.717) is 12.8 Å². The fourth-order valence-corrected chi connectivity index (χ4v) is 1.76. The Bertz CT molecular complexity index is 457. The third-order valence-corrected chi connectivity index (χ3v) is 3.33. The zero-order valence-electron chi connectivity index (χ0n) is 11.7. The van der Waals surface area contributed by atoms with Crippen LogP contribution in [-0.2, 0) is 10.9 Å². The molecule has 1 rings (SSSR count). The van der Waals surface area contributed by atoms with E-state index in [-0.39, 0.29) is 5.56 Å². The second-order valence-corrected chi connectivity index (χ2v) is 5.35. The Morgan fingerprint density at radius 3 is 2.35 bits per heavy atom. The molecule has 114 valence electrons. The number of alkyl halides is 3. The lowest BCUT2D eigenvalue weighted by Crippen LogP contribution is -2.25. The minimum Gasteiger partial charge on any atom is -0.379 e. The molecular formula is C14H19F4NO. The summed E-state index contributed by atoms with van der Waals surface area (Å²) < 4.78 is 56.3. The van der Waals surface area contributed by atoms with Crippen LogP contribution in [0.3, 0.4) is 0 Å². The molecule has 2 nitrogen and oxygen atoms in total. The van der Waals surface area contributed by atoms with Gasteiger partial charge >= 0.3 is 6.18 Å². The molecule has 0 bridgehead atoms. The topological polar surface area (TPSA) is 35.2 Å². The number of rotatable bonds is 5. The highest BCUT2D eigenvalue weighted by molar-refractivity contribution is 5.29. The maximum atomic E-state index is 13.2. The highest BCUT2D eigenvalue weighted by Crippen LogP contribution is 2.33. The van der Waals surface area contributed by atoms with Crippen LogP contribution < -0.4 is 5.73 Å². The predicted molar refractivity (Wildman–Crippen MR) is 68.7 cm³/mol. The van der Waals surface area contributed by atoms with Crippen LogP contribution in [0, 0.1) is 5.82 Å². The van der Waals surface area contributed by atoms with Gasteiger partial charge in [-0.1, -0.05) is 6.07 Å². The number of hydrogen-bond donors (Lipinski definition) is 1. The van der Waals surface area contributed by atoms with Gasteiger partial charge in [-0.15, -0.1) is 0 Å². The summed E-state index contributed by atoms with van der Waals surface area (Å²) in [5.41, 5.74) is 4.46. The van der Waals surface area contributed by atoms with Gasteiger partial charge in [0.05, 0.1) is 11.2 Å². The molecule has 1 unspecified atom stereocenters. The lowest BCUT2D eigenvalue weighted by Gasteiger charge is -2.25. The van der Waals surface area contributed by atoms with Crippen molar-refractivity contribution in [1.82, 2.24) is 0 Å². The van der Waals surface area contributed by atoms with E-state index in [1.54, 1.807) is 7.11 Å². The zero-order valence-corrected chi connectivity index (χ0v) is 11.7. The lowest BCUT2D eigenvalue weighted by atomic mass is 9.94. The first-order valence-corrected chi connectivity index (χ1v) is 6.24. The second kappa shape index (κ2) is 6.10. The van der Waals surface area contributed by atoms with Crippen molar-refractivity contribution in [2.45, 2.75) is 44.5 Å². The molecule has 6 heteroatoms. The normalized spacial score (nSPS) is 14.4. The van der Waals surface area contributed by atoms with Crippen LogP contribution in [-0.4, -0.2) is 12.7 Å². The molecule has 0 radical (unpaired) electrons. The summed E-state index contributed by atoms with van der Waals surface area (Å²) in [7, 11) is 1.56. The van der Waals surface area contributed by atoms with E-state index in [2.05, 4.69) is 0 Å². The molecule has 0 fully saturated rings. The van der Waals surface area contributed by atoms with E-state index in [1.165, 1.54) is 6.07 Å². The van der Waals surface area contributed by atoms with Crippen molar-refractivity contribution in [3.63, 3.8) is 0 Å². The summed E-state index contributed by atoms with van der Waals surface area (Å²) in [6.45, 7) is 3.73. The van der Waals surface area contributed by atoms with E-state index < -0.39 is 29.2 Å². The van der Waals surface area contributed by atoms with E-state index in [0.717, 1.165) is 12.1 Å². The van der Waals surface area contributed by atoms with Gasteiger partial charge in [-0.05, 0) is 44.4 Å². The number of nitrogens with two attached hydrogens (primary N) is 1. The summed E-state index contributed by atoms with van der Waals surface area (Å²) in [6, 6.07) is 2.28. The van der Waals surface area contributed by atoms with Crippen LogP contribution in [0.2, 0.25) is 0 Å². The summed E-state index contributed by atoms with van der Waals surface area (Å²) >= 11 is 0. The van der Waals surface area contributed by atoms with E-state index in [9.17, 15) is 17.6 Å². The van der Waals surface area contributed by atoms with Crippen molar-refractivity contribution in [1.29, 1.82) is 0 Å². The first-order chi connectivity index (χ1) is 9.07. The first-order valence-electron chi connectivity index (χ1n) is 6.24. The molecule has 0 aromatic heterocycles. The largest absolute Gasteiger partial charge is 0.419 e. The molecule has 0 heterocycles. The molecule has 0 saturated heterocycles. The van der Waals surface area contributed by atoms with Crippen LogP contribution in [0.4, 0.5) is 17.6 Å². The Labute approximate surface area is 115 Å². The van der Waals surface area contributed by atoms with Gasteiger partial charge in [0, 0.05) is 13.2 Å². The van der Waals surface area contributed by atoms with Gasteiger partial charge in [-0.3, -0.25) is 0 Å². The van der Waals surface area contributed by atoms with E-state index in [4.69, 9.17) is 10.5 Å². The molecule has 1 aromatic carbocycles. The Kier molecular flexibility index (Phi) is 5.15. The average Bonchev–Trinajstić information content (AvgIpc) is 2.35. The number of methoxy groups -OCH3 is 1. The molecule has 1 aromatic rings. The minimum absolute atomic E-state index is 0.269. The van der Waals surface area contributed by atoms with Crippen molar-refractivity contribution in [3.8, 4) is 0 Å². The third-order valence-electron chi connectivity index (χ3n) is 3.33. The minimum atomic E-state index is -4.72. The fourth-order valence-electron chi connectivity index (χ4n) is 1.76. The summed E-state index contributed by atoms with van der Waals surface area (Å²) in [5, 5.41) is 0. The molecule has 0 saturated carbocycles. The first kappa shape index (κ1) is 16.9. The standard InChI is InChI=1S/C14H19F4NO/c1-13(2,20-3)7-6-12(19)9-4-5-11(15)10(8-9)14(16,17)18/h4-5,8,12H,6-7,19H2,1-3H3. The van der Waals surface area contributed by atoms with Gasteiger partial charge in [-0.2, -0.15) is 13.2 Å². The highest BCUT2D eigenvalue weighted by Gasteiger charge is 2.34. The smallest absolute Gasteiger partial charge is 0.379 e. The molecule has 20 heavy (non-hydrogen) atoms. The third kappa shape index (κ3) is 4.45. The molecular weight excluding hydrogens is 274 g/mol. The summed E-state index contributed by atoms with van der Waals surface area (Å²) in [6.07, 6.45) is -3.68. The molecule has 0 aliphatic rings. The highest BCUT2D eigenvalue weighted by atomic mass is 19.4. The van der Waals surface area contributed by atoms with E-state index in [1.807, 2.05) is 13.8 Å². The van der Waals surface area contributed by atoms with Crippen molar-refractivity contribution in [3.05, 3.63) is 35.1 Å². The Morgan fingerprint density at radius 2 is 1.85 bits per heavy atom. The van der Waals surface area contributed by atoms with E-state index >= 15 is 0 Å². The Morgan fingerprint density at radius 1 is 1.25 bits per heavy atom. The molecule has 0 spiro atoms. The van der Waals surface area contributed by atoms with Crippen LogP contribution in [0.1, 0.15) is 43.9 Å². The van der Waals surface area contributed by atoms with Gasteiger partial charge in [0.1, 0.15) is 5.82 Å². The van der Waals surface area contributed by atoms with Crippen LogP contribution in [0.15, 0.2) is 18.2 Å². The van der Waals surface area contributed by atoms with Crippen molar-refractivity contribution in [2.24, 2.45) is 5.73 Å². The molecule has 0 amide bonds. The average molecular weight is 293 g/mol. The molecule has 0 aliphatic carbocycles. The molecule has 0 aliphatic heterocycles. The maximum absolute atomic E-state index is 13.2. The fraction of sp³-hybridized carbons (Fsp3) is 0.571. The van der Waals surface area contributed by atoms with Crippen molar-refractivity contribution in [2.75, 3.05) is 7.11 Å². The second-order valence-electron chi connectivity index (χ2n) is 5.35. The Balaban J connectivity index is 2.87. The zero-order chi connectivity index (χ0) is 15.6. The van der Waals surface area contributed by atoms with Crippen LogP contribution in [0.25, 0.3) is 0 Å². The SMILES string of the molecule is COC(C)(C)CCC(N)c1ccc(F)c(C(F)(F)F)c1. The quantitative estimate of drug-likeness (QED) is 0.831.